The molecule has 1 aromatic heterocycles. The minimum absolute atomic E-state index is 0.0195. The molecule has 1 aromatic carbocycles. The van der Waals surface area contributed by atoms with Gasteiger partial charge < -0.3 is 14.7 Å². The highest BCUT2D eigenvalue weighted by atomic mass is 16.2. The monoisotopic (exact) mass is 409 g/mol. The van der Waals surface area contributed by atoms with E-state index in [9.17, 15) is 9.59 Å². The molecule has 160 valence electrons. The number of nitrogens with zero attached hydrogens (tertiary/aromatic N) is 5. The normalized spacial score (nSPS) is 19.5. The second kappa shape index (κ2) is 7.78. The van der Waals surface area contributed by atoms with Crippen molar-refractivity contribution in [2.45, 2.75) is 45.7 Å². The highest BCUT2D eigenvalue weighted by Crippen LogP contribution is 2.43. The van der Waals surface area contributed by atoms with Crippen molar-refractivity contribution in [1.82, 2.24) is 24.5 Å². The molecule has 0 radical (unpaired) electrons. The van der Waals surface area contributed by atoms with Crippen molar-refractivity contribution >= 4 is 11.9 Å². The van der Waals surface area contributed by atoms with Crippen LogP contribution in [0.1, 0.15) is 54.5 Å². The van der Waals surface area contributed by atoms with Crippen LogP contribution >= 0.6 is 0 Å². The Balaban J connectivity index is 1.66. The lowest BCUT2D eigenvalue weighted by atomic mass is 9.93. The number of benzene rings is 1. The number of aromatic nitrogens is 2. The number of para-hydroxylation sites is 1. The summed E-state index contributed by atoms with van der Waals surface area (Å²) in [7, 11) is 3.56. The summed E-state index contributed by atoms with van der Waals surface area (Å²) >= 11 is 0. The zero-order chi connectivity index (χ0) is 21.6. The van der Waals surface area contributed by atoms with Gasteiger partial charge in [-0.1, -0.05) is 32.0 Å². The predicted octanol–water partition coefficient (Wildman–Crippen LogP) is 3.48. The Morgan fingerprint density at radius 2 is 1.77 bits per heavy atom. The number of amides is 3. The van der Waals surface area contributed by atoms with E-state index in [1.54, 1.807) is 19.0 Å². The Morgan fingerprint density at radius 3 is 2.33 bits per heavy atom. The number of hydrogen-bond donors (Lipinski definition) is 0. The van der Waals surface area contributed by atoms with Gasteiger partial charge in [0.2, 0.25) is 0 Å². The summed E-state index contributed by atoms with van der Waals surface area (Å²) in [5, 5.41) is 4.73. The minimum atomic E-state index is 0.0195. The molecule has 1 unspecified atom stereocenters. The Labute approximate surface area is 178 Å². The Hall–Kier alpha value is -2.83. The van der Waals surface area contributed by atoms with Crippen molar-refractivity contribution in [1.29, 1.82) is 0 Å². The lowest BCUT2D eigenvalue weighted by Crippen LogP contribution is -2.50. The summed E-state index contributed by atoms with van der Waals surface area (Å²) in [4.78, 5) is 31.6. The largest absolute Gasteiger partial charge is 0.331 e. The van der Waals surface area contributed by atoms with Gasteiger partial charge in [-0.15, -0.1) is 0 Å². The average molecular weight is 410 g/mol. The molecule has 7 nitrogen and oxygen atoms in total. The number of aryl methyl sites for hydroxylation is 1. The van der Waals surface area contributed by atoms with Gasteiger partial charge in [-0.3, -0.25) is 4.79 Å². The van der Waals surface area contributed by atoms with Crippen molar-refractivity contribution in [3.63, 3.8) is 0 Å². The van der Waals surface area contributed by atoms with Crippen molar-refractivity contribution in [2.24, 2.45) is 5.92 Å². The van der Waals surface area contributed by atoms with Crippen LogP contribution in [0.15, 0.2) is 30.3 Å². The Bertz CT molecular complexity index is 942. The molecule has 3 heterocycles. The molecule has 0 N–H and O–H groups in total. The molecule has 1 fully saturated rings. The van der Waals surface area contributed by atoms with Gasteiger partial charge in [-0.05, 0) is 37.8 Å². The number of fused-ring (bicyclic) bond motifs is 1. The molecule has 3 amide bonds. The zero-order valence-corrected chi connectivity index (χ0v) is 18.5. The summed E-state index contributed by atoms with van der Waals surface area (Å²) in [6.07, 6.45) is 1.60. The van der Waals surface area contributed by atoms with Gasteiger partial charge in [0.1, 0.15) is 5.69 Å². The second-order valence-corrected chi connectivity index (χ2v) is 8.89. The molecule has 4 rings (SSSR count). The van der Waals surface area contributed by atoms with E-state index in [-0.39, 0.29) is 29.9 Å². The van der Waals surface area contributed by atoms with Crippen LogP contribution < -0.4 is 0 Å². The fraction of sp³-hybridized carbons (Fsp3) is 0.522. The van der Waals surface area contributed by atoms with Gasteiger partial charge >= 0.3 is 6.03 Å². The van der Waals surface area contributed by atoms with E-state index in [0.29, 0.717) is 18.8 Å². The first-order valence-corrected chi connectivity index (χ1v) is 10.7. The van der Waals surface area contributed by atoms with Gasteiger partial charge in [0.15, 0.2) is 0 Å². The Morgan fingerprint density at radius 1 is 1.13 bits per heavy atom. The molecule has 1 atom stereocenters. The molecule has 0 spiro atoms. The van der Waals surface area contributed by atoms with Crippen molar-refractivity contribution in [3.8, 4) is 5.69 Å². The number of hydrogen-bond acceptors (Lipinski definition) is 3. The lowest BCUT2D eigenvalue weighted by Gasteiger charge is -2.41. The van der Waals surface area contributed by atoms with Crippen molar-refractivity contribution < 1.29 is 9.59 Å². The highest BCUT2D eigenvalue weighted by molar-refractivity contribution is 5.99. The first kappa shape index (κ1) is 20.4. The maximum Gasteiger partial charge on any atom is 0.319 e. The molecule has 2 aromatic rings. The number of likely N-dealkylation sites (tertiary alicyclic amines) is 1. The first-order chi connectivity index (χ1) is 14.3. The van der Waals surface area contributed by atoms with E-state index < -0.39 is 0 Å². The fourth-order valence-corrected chi connectivity index (χ4v) is 4.91. The number of rotatable bonds is 3. The molecule has 0 aliphatic carbocycles. The maximum atomic E-state index is 13.7. The smallest absolute Gasteiger partial charge is 0.319 e. The van der Waals surface area contributed by atoms with Crippen LogP contribution in [0.5, 0.6) is 0 Å². The number of carbonyl (C=O) groups is 2. The summed E-state index contributed by atoms with van der Waals surface area (Å²) in [6, 6.07) is 10.1. The number of piperidine rings is 1. The quantitative estimate of drug-likeness (QED) is 0.780. The molecule has 7 heteroatoms. The molecular weight excluding hydrogens is 378 g/mol. The topological polar surface area (TPSA) is 61.7 Å². The van der Waals surface area contributed by atoms with Crippen molar-refractivity contribution in [3.05, 3.63) is 47.3 Å². The standard InChI is InChI=1S/C23H31N5O2/c1-15(2)20-19-16(3)24-28(18-9-7-6-8-10-18)21(19)22(29)27(20)17-11-13-26(14-12-17)23(30)25(4)5/h6-10,15,17,20H,11-14H2,1-5H3. The number of urea groups is 1. The zero-order valence-electron chi connectivity index (χ0n) is 18.5. The van der Waals surface area contributed by atoms with Crippen LogP contribution in [0.25, 0.3) is 5.69 Å². The first-order valence-electron chi connectivity index (χ1n) is 10.7. The van der Waals surface area contributed by atoms with Gasteiger partial charge in [0, 0.05) is 38.8 Å². The molecule has 1 saturated heterocycles. The van der Waals surface area contributed by atoms with Gasteiger partial charge in [0.05, 0.1) is 17.4 Å². The summed E-state index contributed by atoms with van der Waals surface area (Å²) < 4.78 is 1.81. The third-order valence-electron chi connectivity index (χ3n) is 6.28. The van der Waals surface area contributed by atoms with Crippen molar-refractivity contribution in [2.75, 3.05) is 27.2 Å². The molecule has 0 saturated carbocycles. The van der Waals surface area contributed by atoms with Crippen LogP contribution in [-0.2, 0) is 0 Å². The minimum Gasteiger partial charge on any atom is -0.331 e. The lowest BCUT2D eigenvalue weighted by molar-refractivity contribution is 0.0438. The van der Waals surface area contributed by atoms with E-state index in [1.807, 2.05) is 46.8 Å². The van der Waals surface area contributed by atoms with Crippen LogP contribution in [0, 0.1) is 12.8 Å². The van der Waals surface area contributed by atoms with E-state index >= 15 is 0 Å². The maximum absolute atomic E-state index is 13.7. The van der Waals surface area contributed by atoms with Crippen LogP contribution in [-0.4, -0.2) is 69.6 Å². The summed E-state index contributed by atoms with van der Waals surface area (Å²) in [6.45, 7) is 7.70. The van der Waals surface area contributed by atoms with Crippen LogP contribution in [0.4, 0.5) is 4.79 Å². The Kier molecular flexibility index (Phi) is 5.30. The van der Waals surface area contributed by atoms with E-state index in [4.69, 9.17) is 5.10 Å². The molecule has 2 aliphatic rings. The average Bonchev–Trinajstić information content (AvgIpc) is 3.23. The SMILES string of the molecule is Cc1nn(-c2ccccc2)c2c1C(C(C)C)N(C1CCN(C(=O)N(C)C)CC1)C2=O. The fourth-order valence-electron chi connectivity index (χ4n) is 4.91. The summed E-state index contributed by atoms with van der Waals surface area (Å²) in [5.74, 6) is 0.342. The molecule has 2 aliphatic heterocycles. The van der Waals surface area contributed by atoms with E-state index in [1.165, 1.54) is 0 Å². The van der Waals surface area contributed by atoms with Crippen LogP contribution in [0.3, 0.4) is 0 Å². The predicted molar refractivity (Wildman–Crippen MR) is 116 cm³/mol. The third kappa shape index (κ3) is 3.26. The third-order valence-corrected chi connectivity index (χ3v) is 6.28. The number of carbonyl (C=O) groups excluding carboxylic acids is 2. The summed E-state index contributed by atoms with van der Waals surface area (Å²) in [5.41, 5.74) is 3.59. The molecule has 0 bridgehead atoms. The van der Waals surface area contributed by atoms with Gasteiger partial charge in [-0.2, -0.15) is 5.10 Å². The van der Waals surface area contributed by atoms with E-state index in [0.717, 1.165) is 29.8 Å². The highest BCUT2D eigenvalue weighted by Gasteiger charge is 2.47. The van der Waals surface area contributed by atoms with E-state index in [2.05, 4.69) is 18.7 Å². The van der Waals surface area contributed by atoms with Gasteiger partial charge in [0.25, 0.3) is 5.91 Å². The van der Waals surface area contributed by atoms with Crippen LogP contribution in [0.2, 0.25) is 0 Å². The second-order valence-electron chi connectivity index (χ2n) is 8.89. The van der Waals surface area contributed by atoms with Gasteiger partial charge in [-0.25, -0.2) is 9.48 Å². The molecular formula is C23H31N5O2. The molecule has 30 heavy (non-hydrogen) atoms.